The number of alkyl halides is 4. The number of aryl methyl sites for hydroxylation is 1. The first-order valence-corrected chi connectivity index (χ1v) is 7.97. The second-order valence-corrected chi connectivity index (χ2v) is 6.05. The molecule has 1 aromatic carbocycles. The molecule has 0 aliphatic carbocycles. The fourth-order valence-electron chi connectivity index (χ4n) is 2.91. The number of ether oxygens (including phenoxy) is 1. The molecule has 1 aliphatic heterocycles. The highest BCUT2D eigenvalue weighted by Crippen LogP contribution is 2.38. The Morgan fingerprint density at radius 3 is 2.62 bits per heavy atom. The third-order valence-electron chi connectivity index (χ3n) is 4.18. The standard InChI is InChI=1S/C17H17F4N3O2/c1-10-6-11(17(19,20)21)7-14(25)16(10)13-2-3-15(23-22-13)24-4-5-26-12(8-18)9-24/h2-3,6-7,12,25H,4-5,8-9H2,1H3/t12-/m1/s1. The van der Waals surface area contributed by atoms with E-state index in [-0.39, 0.29) is 16.8 Å². The molecule has 0 bridgehead atoms. The first-order chi connectivity index (χ1) is 12.3. The Morgan fingerprint density at radius 2 is 2.04 bits per heavy atom. The van der Waals surface area contributed by atoms with Gasteiger partial charge in [0.15, 0.2) is 5.82 Å². The van der Waals surface area contributed by atoms with Gasteiger partial charge in [0.05, 0.1) is 17.9 Å². The Labute approximate surface area is 147 Å². The van der Waals surface area contributed by atoms with Crippen molar-refractivity contribution in [1.29, 1.82) is 0 Å². The number of morpholine rings is 1. The maximum atomic E-state index is 12.8. The van der Waals surface area contributed by atoms with Gasteiger partial charge >= 0.3 is 6.18 Å². The number of halogens is 4. The average Bonchev–Trinajstić information content (AvgIpc) is 2.61. The van der Waals surface area contributed by atoms with Crippen LogP contribution in [0.2, 0.25) is 0 Å². The lowest BCUT2D eigenvalue weighted by atomic mass is 10.0. The summed E-state index contributed by atoms with van der Waals surface area (Å²) in [6, 6.07) is 4.83. The second-order valence-electron chi connectivity index (χ2n) is 6.05. The minimum Gasteiger partial charge on any atom is -0.507 e. The highest BCUT2D eigenvalue weighted by Gasteiger charge is 2.32. The lowest BCUT2D eigenvalue weighted by molar-refractivity contribution is -0.137. The number of rotatable bonds is 3. The zero-order valence-corrected chi connectivity index (χ0v) is 13.9. The lowest BCUT2D eigenvalue weighted by Gasteiger charge is -2.32. The van der Waals surface area contributed by atoms with Crippen LogP contribution in [-0.2, 0) is 10.9 Å². The Kier molecular flexibility index (Phi) is 4.99. The van der Waals surface area contributed by atoms with Gasteiger partial charge < -0.3 is 14.7 Å². The Hall–Kier alpha value is -2.42. The molecular formula is C17H17F4N3O2. The SMILES string of the molecule is Cc1cc(C(F)(F)F)cc(O)c1-c1ccc(N2CCO[C@H](CF)C2)nn1. The van der Waals surface area contributed by atoms with Gasteiger partial charge in [-0.2, -0.15) is 13.2 Å². The smallest absolute Gasteiger partial charge is 0.416 e. The molecule has 1 N–H and O–H groups in total. The molecular weight excluding hydrogens is 354 g/mol. The van der Waals surface area contributed by atoms with Gasteiger partial charge in [0.2, 0.25) is 0 Å². The monoisotopic (exact) mass is 371 g/mol. The predicted octanol–water partition coefficient (Wildman–Crippen LogP) is 3.35. The van der Waals surface area contributed by atoms with E-state index in [1.807, 2.05) is 4.90 Å². The van der Waals surface area contributed by atoms with E-state index in [0.29, 0.717) is 31.6 Å². The van der Waals surface area contributed by atoms with Crippen molar-refractivity contribution in [3.8, 4) is 17.0 Å². The molecule has 9 heteroatoms. The van der Waals surface area contributed by atoms with Crippen molar-refractivity contribution in [2.24, 2.45) is 0 Å². The summed E-state index contributed by atoms with van der Waals surface area (Å²) in [5, 5.41) is 18.1. The zero-order valence-electron chi connectivity index (χ0n) is 13.9. The maximum Gasteiger partial charge on any atom is 0.416 e. The Morgan fingerprint density at radius 1 is 1.27 bits per heavy atom. The summed E-state index contributed by atoms with van der Waals surface area (Å²) in [5.41, 5.74) is -0.233. The molecule has 2 aromatic rings. The highest BCUT2D eigenvalue weighted by molar-refractivity contribution is 5.71. The number of hydrogen-bond donors (Lipinski definition) is 1. The van der Waals surface area contributed by atoms with Crippen LogP contribution in [-0.4, -0.2) is 47.8 Å². The largest absolute Gasteiger partial charge is 0.507 e. The minimum absolute atomic E-state index is 0.195. The number of nitrogens with zero attached hydrogens (tertiary/aromatic N) is 3. The molecule has 0 radical (unpaired) electrons. The molecule has 26 heavy (non-hydrogen) atoms. The van der Waals surface area contributed by atoms with Crippen LogP contribution in [0.15, 0.2) is 24.3 Å². The number of phenols is 1. The van der Waals surface area contributed by atoms with Gasteiger partial charge in [-0.3, -0.25) is 0 Å². The summed E-state index contributed by atoms with van der Waals surface area (Å²) in [4.78, 5) is 1.82. The molecule has 140 valence electrons. The summed E-state index contributed by atoms with van der Waals surface area (Å²) in [6.07, 6.45) is -5.06. The highest BCUT2D eigenvalue weighted by atomic mass is 19.4. The lowest BCUT2D eigenvalue weighted by Crippen LogP contribution is -2.43. The topological polar surface area (TPSA) is 58.5 Å². The first kappa shape index (κ1) is 18.4. The van der Waals surface area contributed by atoms with Crippen molar-refractivity contribution >= 4 is 5.82 Å². The molecule has 1 atom stereocenters. The molecule has 1 aromatic heterocycles. The summed E-state index contributed by atoms with van der Waals surface area (Å²) < 4.78 is 56.5. The summed E-state index contributed by atoms with van der Waals surface area (Å²) in [6.45, 7) is 2.12. The molecule has 0 amide bonds. The van der Waals surface area contributed by atoms with E-state index in [0.717, 1.165) is 6.07 Å². The van der Waals surface area contributed by atoms with E-state index in [4.69, 9.17) is 4.74 Å². The number of benzene rings is 1. The second kappa shape index (κ2) is 7.06. The molecule has 5 nitrogen and oxygen atoms in total. The third kappa shape index (κ3) is 3.72. The van der Waals surface area contributed by atoms with Gasteiger partial charge in [0, 0.05) is 18.7 Å². The fraction of sp³-hybridized carbons (Fsp3) is 0.412. The molecule has 2 heterocycles. The summed E-state index contributed by atoms with van der Waals surface area (Å²) in [5.74, 6) is 0.00259. The molecule has 0 spiro atoms. The third-order valence-corrected chi connectivity index (χ3v) is 4.18. The van der Waals surface area contributed by atoms with Crippen molar-refractivity contribution in [2.45, 2.75) is 19.2 Å². The van der Waals surface area contributed by atoms with Gasteiger partial charge in [-0.25, -0.2) is 4.39 Å². The van der Waals surface area contributed by atoms with E-state index < -0.39 is 30.3 Å². The summed E-state index contributed by atoms with van der Waals surface area (Å²) >= 11 is 0. The first-order valence-electron chi connectivity index (χ1n) is 7.97. The van der Waals surface area contributed by atoms with Crippen LogP contribution < -0.4 is 4.90 Å². The fourth-order valence-corrected chi connectivity index (χ4v) is 2.91. The molecule has 3 rings (SSSR count). The van der Waals surface area contributed by atoms with E-state index >= 15 is 0 Å². The van der Waals surface area contributed by atoms with Crippen molar-refractivity contribution in [1.82, 2.24) is 10.2 Å². The van der Waals surface area contributed by atoms with Crippen LogP contribution in [0.5, 0.6) is 5.75 Å². The van der Waals surface area contributed by atoms with Crippen LogP contribution in [0.1, 0.15) is 11.1 Å². The van der Waals surface area contributed by atoms with Crippen LogP contribution >= 0.6 is 0 Å². The number of aromatic hydroxyl groups is 1. The van der Waals surface area contributed by atoms with Gasteiger partial charge in [-0.15, -0.1) is 10.2 Å². The maximum absolute atomic E-state index is 12.8. The minimum atomic E-state index is -4.54. The van der Waals surface area contributed by atoms with Crippen molar-refractivity contribution in [2.75, 3.05) is 31.3 Å². The Bertz CT molecular complexity index is 758. The average molecular weight is 371 g/mol. The van der Waals surface area contributed by atoms with Crippen molar-refractivity contribution in [3.05, 3.63) is 35.4 Å². The van der Waals surface area contributed by atoms with E-state index in [1.165, 1.54) is 6.92 Å². The zero-order chi connectivity index (χ0) is 18.9. The molecule has 1 saturated heterocycles. The van der Waals surface area contributed by atoms with Gasteiger partial charge in [-0.1, -0.05) is 0 Å². The number of anilines is 1. The van der Waals surface area contributed by atoms with Gasteiger partial charge in [0.25, 0.3) is 0 Å². The predicted molar refractivity (Wildman–Crippen MR) is 86.8 cm³/mol. The van der Waals surface area contributed by atoms with Gasteiger partial charge in [0.1, 0.15) is 18.5 Å². The van der Waals surface area contributed by atoms with Crippen molar-refractivity contribution < 1.29 is 27.4 Å². The van der Waals surface area contributed by atoms with Crippen LogP contribution in [0.4, 0.5) is 23.4 Å². The van der Waals surface area contributed by atoms with E-state index in [9.17, 15) is 22.7 Å². The molecule has 0 unspecified atom stereocenters. The summed E-state index contributed by atoms with van der Waals surface area (Å²) in [7, 11) is 0. The number of phenolic OH excluding ortho intramolecular Hbond substituents is 1. The Balaban J connectivity index is 1.87. The number of hydrogen-bond acceptors (Lipinski definition) is 5. The van der Waals surface area contributed by atoms with Crippen LogP contribution in [0.25, 0.3) is 11.3 Å². The molecule has 0 saturated carbocycles. The van der Waals surface area contributed by atoms with Crippen LogP contribution in [0, 0.1) is 6.92 Å². The normalized spacial score (nSPS) is 18.2. The number of aromatic nitrogens is 2. The van der Waals surface area contributed by atoms with E-state index in [1.54, 1.807) is 12.1 Å². The molecule has 1 fully saturated rings. The molecule has 1 aliphatic rings. The van der Waals surface area contributed by atoms with Crippen LogP contribution in [0.3, 0.4) is 0 Å². The quantitative estimate of drug-likeness (QED) is 0.839. The van der Waals surface area contributed by atoms with Crippen molar-refractivity contribution in [3.63, 3.8) is 0 Å². The van der Waals surface area contributed by atoms with E-state index in [2.05, 4.69) is 10.2 Å². The van der Waals surface area contributed by atoms with Gasteiger partial charge in [-0.05, 0) is 36.8 Å².